The molecule has 146 valence electrons. The van der Waals surface area contributed by atoms with Gasteiger partial charge in [0.15, 0.2) is 0 Å². The first-order valence-corrected chi connectivity index (χ1v) is 10.1. The molecule has 0 N–H and O–H groups in total. The van der Waals surface area contributed by atoms with Crippen molar-refractivity contribution in [3.63, 3.8) is 0 Å². The number of nitrogens with zero attached hydrogens (tertiary/aromatic N) is 2. The Labute approximate surface area is 172 Å². The molecule has 0 spiro atoms. The second kappa shape index (κ2) is 7.93. The molecule has 2 aromatic carbocycles. The van der Waals surface area contributed by atoms with Gasteiger partial charge in [0.05, 0.1) is 18.0 Å². The third-order valence-electron chi connectivity index (χ3n) is 4.67. The van der Waals surface area contributed by atoms with E-state index in [-0.39, 0.29) is 12.2 Å². The third-order valence-corrected chi connectivity index (χ3v) is 5.83. The number of rotatable bonds is 5. The Hall–Kier alpha value is -3.38. The number of esters is 1. The molecule has 0 unspecified atom stereocenters. The van der Waals surface area contributed by atoms with Gasteiger partial charge in [0, 0.05) is 24.2 Å². The van der Waals surface area contributed by atoms with Crippen molar-refractivity contribution in [3.05, 3.63) is 88.0 Å². The molecule has 0 saturated carbocycles. The molecule has 4 aromatic rings. The van der Waals surface area contributed by atoms with E-state index in [2.05, 4.69) is 0 Å². The van der Waals surface area contributed by atoms with E-state index in [1.165, 1.54) is 11.3 Å². The van der Waals surface area contributed by atoms with Crippen molar-refractivity contribution >= 4 is 38.9 Å². The fourth-order valence-electron chi connectivity index (χ4n) is 3.34. The second-order valence-corrected chi connectivity index (χ2v) is 7.46. The number of thiophene rings is 1. The van der Waals surface area contributed by atoms with Crippen LogP contribution in [0.2, 0.25) is 0 Å². The molecule has 6 heteroatoms. The highest BCUT2D eigenvalue weighted by Gasteiger charge is 2.25. The van der Waals surface area contributed by atoms with Gasteiger partial charge >= 0.3 is 5.97 Å². The van der Waals surface area contributed by atoms with Crippen LogP contribution in [0.5, 0.6) is 0 Å². The minimum atomic E-state index is -0.390. The zero-order valence-corrected chi connectivity index (χ0v) is 17.0. The number of para-hydroxylation sites is 2. The normalized spacial score (nSPS) is 10.8. The number of hydrogen-bond acceptors (Lipinski definition) is 5. The zero-order chi connectivity index (χ0) is 20.4. The summed E-state index contributed by atoms with van der Waals surface area (Å²) in [4.78, 5) is 28.7. The summed E-state index contributed by atoms with van der Waals surface area (Å²) in [6, 6.07) is 22.6. The maximum atomic E-state index is 12.8. The van der Waals surface area contributed by atoms with Crippen LogP contribution in [-0.2, 0) is 4.74 Å². The Kier molecular flexibility index (Phi) is 5.18. The minimum absolute atomic E-state index is 0.144. The monoisotopic (exact) mass is 404 g/mol. The number of carbonyl (C=O) groups excluding carboxylic acids is 1. The van der Waals surface area contributed by atoms with Gasteiger partial charge in [-0.15, -0.1) is 11.3 Å². The third kappa shape index (κ3) is 3.43. The Morgan fingerprint density at radius 1 is 1.00 bits per heavy atom. The van der Waals surface area contributed by atoms with Crippen LogP contribution in [0.25, 0.3) is 15.9 Å². The quantitative estimate of drug-likeness (QED) is 0.440. The van der Waals surface area contributed by atoms with Gasteiger partial charge < -0.3 is 9.64 Å². The summed E-state index contributed by atoms with van der Waals surface area (Å²) in [5.41, 5.74) is 2.29. The van der Waals surface area contributed by atoms with E-state index in [0.29, 0.717) is 9.71 Å². The van der Waals surface area contributed by atoms with Crippen molar-refractivity contribution in [2.75, 3.05) is 18.6 Å². The predicted molar refractivity (Wildman–Crippen MR) is 118 cm³/mol. The Morgan fingerprint density at radius 2 is 1.66 bits per heavy atom. The van der Waals surface area contributed by atoms with E-state index in [4.69, 9.17) is 4.74 Å². The summed E-state index contributed by atoms with van der Waals surface area (Å²) in [7, 11) is 1.91. The smallest absolute Gasteiger partial charge is 0.350 e. The van der Waals surface area contributed by atoms with Gasteiger partial charge in [-0.2, -0.15) is 0 Å². The van der Waals surface area contributed by atoms with E-state index in [0.717, 1.165) is 22.4 Å². The molecule has 0 amide bonds. The van der Waals surface area contributed by atoms with Crippen LogP contribution in [0.3, 0.4) is 0 Å². The largest absolute Gasteiger partial charge is 0.462 e. The summed E-state index contributed by atoms with van der Waals surface area (Å²) in [5.74, 6) is -0.390. The summed E-state index contributed by atoms with van der Waals surface area (Å²) in [5, 5.41) is 0.827. The standard InChI is InChI=1S/C23H20N2O3S/c1-3-28-23(27)21-20(24(2)16-10-6-4-7-11-16)18-14-15-19(26)25(22(18)29-21)17-12-8-5-9-13-17/h4-15H,3H2,1-2H3. The number of fused-ring (bicyclic) bond motifs is 1. The van der Waals surface area contributed by atoms with Crippen molar-refractivity contribution in [3.8, 4) is 5.69 Å². The maximum Gasteiger partial charge on any atom is 0.350 e. The second-order valence-electron chi connectivity index (χ2n) is 6.46. The molecule has 0 aliphatic heterocycles. The molecule has 29 heavy (non-hydrogen) atoms. The van der Waals surface area contributed by atoms with Crippen LogP contribution in [0.4, 0.5) is 11.4 Å². The van der Waals surface area contributed by atoms with Crippen LogP contribution >= 0.6 is 11.3 Å². The molecular weight excluding hydrogens is 384 g/mol. The number of ether oxygens (including phenoxy) is 1. The van der Waals surface area contributed by atoms with Crippen molar-refractivity contribution in [1.29, 1.82) is 0 Å². The van der Waals surface area contributed by atoms with Crippen molar-refractivity contribution in [2.24, 2.45) is 0 Å². The zero-order valence-electron chi connectivity index (χ0n) is 16.2. The fourth-order valence-corrected chi connectivity index (χ4v) is 4.58. The lowest BCUT2D eigenvalue weighted by Crippen LogP contribution is -2.17. The summed E-state index contributed by atoms with van der Waals surface area (Å²) >= 11 is 1.28. The van der Waals surface area contributed by atoms with E-state index >= 15 is 0 Å². The Bertz CT molecular complexity index is 1210. The lowest BCUT2D eigenvalue weighted by Gasteiger charge is -2.20. The number of hydrogen-bond donors (Lipinski definition) is 0. The number of aromatic nitrogens is 1. The van der Waals surface area contributed by atoms with Crippen molar-refractivity contribution in [1.82, 2.24) is 4.57 Å². The molecular formula is C23H20N2O3S. The van der Waals surface area contributed by atoms with Crippen molar-refractivity contribution in [2.45, 2.75) is 6.92 Å². The molecule has 2 aromatic heterocycles. The minimum Gasteiger partial charge on any atom is -0.462 e. The topological polar surface area (TPSA) is 51.5 Å². The lowest BCUT2D eigenvalue weighted by atomic mass is 10.2. The Balaban J connectivity index is 2.02. The molecule has 0 fully saturated rings. The first-order valence-electron chi connectivity index (χ1n) is 9.31. The summed E-state index contributed by atoms with van der Waals surface area (Å²) in [6.45, 7) is 2.07. The number of anilines is 2. The molecule has 5 nitrogen and oxygen atoms in total. The highest BCUT2D eigenvalue weighted by atomic mass is 32.1. The van der Waals surface area contributed by atoms with Gasteiger partial charge in [-0.25, -0.2) is 4.79 Å². The van der Waals surface area contributed by atoms with Gasteiger partial charge in [-0.05, 0) is 37.3 Å². The maximum absolute atomic E-state index is 12.8. The molecule has 0 aliphatic carbocycles. The van der Waals surface area contributed by atoms with Crippen molar-refractivity contribution < 1.29 is 9.53 Å². The van der Waals surface area contributed by atoms with Gasteiger partial charge in [0.1, 0.15) is 9.71 Å². The molecule has 0 saturated heterocycles. The molecule has 0 bridgehead atoms. The first-order chi connectivity index (χ1) is 14.1. The van der Waals surface area contributed by atoms with Crippen LogP contribution in [0, 0.1) is 0 Å². The van der Waals surface area contributed by atoms with Gasteiger partial charge in [-0.3, -0.25) is 9.36 Å². The number of pyridine rings is 1. The van der Waals surface area contributed by atoms with Gasteiger partial charge in [-0.1, -0.05) is 36.4 Å². The highest BCUT2D eigenvalue weighted by molar-refractivity contribution is 7.21. The molecule has 0 aliphatic rings. The molecule has 0 atom stereocenters. The van der Waals surface area contributed by atoms with Crippen LogP contribution < -0.4 is 10.5 Å². The number of benzene rings is 2. The van der Waals surface area contributed by atoms with Crippen LogP contribution in [0.1, 0.15) is 16.6 Å². The predicted octanol–water partition coefficient (Wildman–Crippen LogP) is 5.00. The molecule has 0 radical (unpaired) electrons. The van der Waals surface area contributed by atoms with E-state index < -0.39 is 5.97 Å². The average molecular weight is 404 g/mol. The number of carbonyl (C=O) groups is 1. The van der Waals surface area contributed by atoms with Crippen LogP contribution in [0.15, 0.2) is 77.6 Å². The van der Waals surface area contributed by atoms with Crippen LogP contribution in [-0.4, -0.2) is 24.2 Å². The highest BCUT2D eigenvalue weighted by Crippen LogP contribution is 2.41. The SMILES string of the molecule is CCOC(=O)c1sc2c(ccc(=O)n2-c2ccccc2)c1N(C)c1ccccc1. The van der Waals surface area contributed by atoms with E-state index in [1.807, 2.05) is 72.6 Å². The van der Waals surface area contributed by atoms with E-state index in [9.17, 15) is 9.59 Å². The average Bonchev–Trinajstić information content (AvgIpc) is 3.14. The van der Waals surface area contributed by atoms with Gasteiger partial charge in [0.2, 0.25) is 0 Å². The Morgan fingerprint density at radius 3 is 2.31 bits per heavy atom. The van der Waals surface area contributed by atoms with E-state index in [1.54, 1.807) is 23.6 Å². The molecule has 4 rings (SSSR count). The molecule has 2 heterocycles. The lowest BCUT2D eigenvalue weighted by molar-refractivity contribution is 0.0533. The van der Waals surface area contributed by atoms with Gasteiger partial charge in [0.25, 0.3) is 5.56 Å². The fraction of sp³-hybridized carbons (Fsp3) is 0.130. The first kappa shape index (κ1) is 19.0. The summed E-state index contributed by atoms with van der Waals surface area (Å²) < 4.78 is 6.96. The summed E-state index contributed by atoms with van der Waals surface area (Å²) in [6.07, 6.45) is 0.